The Morgan fingerprint density at radius 2 is 1.82 bits per heavy atom. The van der Waals surface area contributed by atoms with E-state index in [1.165, 1.54) is 29.9 Å². The summed E-state index contributed by atoms with van der Waals surface area (Å²) in [6.07, 6.45) is 4.06. The van der Waals surface area contributed by atoms with E-state index in [4.69, 9.17) is 11.6 Å². The van der Waals surface area contributed by atoms with E-state index in [0.717, 1.165) is 9.77 Å². The van der Waals surface area contributed by atoms with Gasteiger partial charge in [0.25, 0.3) is 10.0 Å². The highest BCUT2D eigenvalue weighted by Gasteiger charge is 2.42. The fraction of sp³-hybridized carbons (Fsp3) is 0.429. The first-order chi connectivity index (χ1) is 21.2. The largest absolute Gasteiger partial charge is 0.365 e. The molecule has 0 amide bonds. The van der Waals surface area contributed by atoms with Crippen LogP contribution < -0.4 is 10.2 Å². The van der Waals surface area contributed by atoms with Crippen LogP contribution in [0.15, 0.2) is 42.9 Å². The first-order valence-corrected chi connectivity index (χ1v) is 17.9. The smallest absolute Gasteiger partial charge is 0.256 e. The van der Waals surface area contributed by atoms with Crippen LogP contribution in [0.5, 0.6) is 0 Å². The lowest BCUT2D eigenvalue weighted by molar-refractivity contribution is 0.121. The molecule has 1 aliphatic carbocycles. The monoisotopic (exact) mass is 680 g/mol. The van der Waals surface area contributed by atoms with Gasteiger partial charge in [0.15, 0.2) is 11.0 Å². The summed E-state index contributed by atoms with van der Waals surface area (Å²) in [5.74, 6) is -0.288. The second kappa shape index (κ2) is 11.4. The van der Waals surface area contributed by atoms with E-state index in [9.17, 15) is 25.6 Å². The number of pyridine rings is 1. The summed E-state index contributed by atoms with van der Waals surface area (Å²) >= 11 is 6.27. The molecule has 2 fully saturated rings. The number of halogens is 3. The molecule has 4 aromatic rings. The molecule has 0 spiro atoms. The Morgan fingerprint density at radius 1 is 1.09 bits per heavy atom. The van der Waals surface area contributed by atoms with Crippen molar-refractivity contribution in [1.82, 2.24) is 28.4 Å². The van der Waals surface area contributed by atoms with Crippen molar-refractivity contribution in [3.63, 3.8) is 0 Å². The van der Waals surface area contributed by atoms with Gasteiger partial charge in [-0.15, -0.1) is 5.10 Å². The Hall–Kier alpha value is -3.47. The molecular weight excluding hydrogens is 650 g/mol. The normalized spacial score (nSPS) is 19.7. The van der Waals surface area contributed by atoms with Gasteiger partial charge in [0.05, 0.1) is 29.3 Å². The molecule has 1 aromatic carbocycles. The Balaban J connectivity index is 1.32. The number of rotatable bonds is 10. The number of benzene rings is 1. The molecule has 0 bridgehead atoms. The summed E-state index contributed by atoms with van der Waals surface area (Å²) in [5, 5.41) is 7.71. The molecule has 3 atom stereocenters. The number of likely N-dealkylation sites (N-methyl/N-ethyl adjacent to an activating group) is 1. The molecule has 0 radical (unpaired) electrons. The maximum Gasteiger partial charge on any atom is 0.256 e. The second-order valence-electron chi connectivity index (χ2n) is 11.5. The zero-order valence-electron chi connectivity index (χ0n) is 24.8. The molecule has 12 nitrogen and oxygen atoms in total. The first kappa shape index (κ1) is 31.5. The Labute approximate surface area is 264 Å². The quantitative estimate of drug-likeness (QED) is 0.255. The lowest BCUT2D eigenvalue weighted by atomic mass is 9.91. The van der Waals surface area contributed by atoms with Crippen molar-refractivity contribution >= 4 is 59.7 Å². The topological polar surface area (TPSA) is 143 Å². The minimum Gasteiger partial charge on any atom is -0.365 e. The number of anilines is 3. The van der Waals surface area contributed by atoms with E-state index < -0.39 is 37.6 Å². The van der Waals surface area contributed by atoms with Gasteiger partial charge in [-0.1, -0.05) is 24.6 Å². The molecule has 1 saturated heterocycles. The number of aromatic nitrogens is 5. The van der Waals surface area contributed by atoms with Crippen molar-refractivity contribution in [1.29, 1.82) is 0 Å². The maximum absolute atomic E-state index is 13.9. The van der Waals surface area contributed by atoms with E-state index >= 15 is 0 Å². The molecule has 45 heavy (non-hydrogen) atoms. The van der Waals surface area contributed by atoms with Crippen LogP contribution in [0, 0.1) is 0 Å². The van der Waals surface area contributed by atoms with Crippen LogP contribution in [-0.4, -0.2) is 88.9 Å². The number of nitrogens with one attached hydrogen (secondary N) is 1. The number of hydrogen-bond donors (Lipinski definition) is 1. The summed E-state index contributed by atoms with van der Waals surface area (Å²) < 4.78 is 79.5. The van der Waals surface area contributed by atoms with Crippen LogP contribution in [0.1, 0.15) is 38.2 Å². The molecule has 1 N–H and O–H groups in total. The molecular formula is C28H31ClF2N8O4S2. The van der Waals surface area contributed by atoms with Crippen LogP contribution in [0.25, 0.3) is 22.2 Å². The number of sulfonamides is 1. The molecule has 6 rings (SSSR count). The van der Waals surface area contributed by atoms with Gasteiger partial charge in [0.1, 0.15) is 11.6 Å². The number of hydrogen-bond acceptors (Lipinski definition) is 10. The van der Waals surface area contributed by atoms with Crippen molar-refractivity contribution in [3.8, 4) is 11.4 Å². The van der Waals surface area contributed by atoms with Gasteiger partial charge < -0.3 is 10.2 Å². The van der Waals surface area contributed by atoms with E-state index in [1.54, 1.807) is 37.5 Å². The molecule has 1 aliphatic heterocycles. The first-order valence-electron chi connectivity index (χ1n) is 14.2. The predicted molar refractivity (Wildman–Crippen MR) is 168 cm³/mol. The third kappa shape index (κ3) is 5.84. The second-order valence-corrected chi connectivity index (χ2v) is 16.0. The van der Waals surface area contributed by atoms with Crippen molar-refractivity contribution in [2.24, 2.45) is 0 Å². The van der Waals surface area contributed by atoms with Gasteiger partial charge in [-0.25, -0.2) is 40.6 Å². The zero-order valence-corrected chi connectivity index (χ0v) is 27.2. The van der Waals surface area contributed by atoms with Crippen molar-refractivity contribution in [2.75, 3.05) is 30.1 Å². The highest BCUT2D eigenvalue weighted by molar-refractivity contribution is 7.90. The summed E-state index contributed by atoms with van der Waals surface area (Å²) in [4.78, 5) is 15.3. The zero-order chi connectivity index (χ0) is 32.4. The molecule has 17 heteroatoms. The van der Waals surface area contributed by atoms with Crippen molar-refractivity contribution in [3.05, 3.63) is 53.6 Å². The van der Waals surface area contributed by atoms with Gasteiger partial charge in [-0.3, -0.25) is 0 Å². The van der Waals surface area contributed by atoms with E-state index in [1.807, 2.05) is 11.8 Å². The molecule has 240 valence electrons. The van der Waals surface area contributed by atoms with E-state index in [2.05, 4.69) is 25.4 Å². The Bertz CT molecular complexity index is 2010. The van der Waals surface area contributed by atoms with Crippen molar-refractivity contribution < 1.29 is 25.6 Å². The van der Waals surface area contributed by atoms with Gasteiger partial charge in [-0.05, 0) is 48.9 Å². The van der Waals surface area contributed by atoms with E-state index in [-0.39, 0.29) is 28.6 Å². The van der Waals surface area contributed by atoms with Gasteiger partial charge >= 0.3 is 0 Å². The maximum atomic E-state index is 13.9. The summed E-state index contributed by atoms with van der Waals surface area (Å²) in [6, 6.07) is 6.32. The highest BCUT2D eigenvalue weighted by atomic mass is 35.5. The SMILES string of the molecule is CC(c1ccc(N2C[C@H](N(C)S(C)(=O)=O)[C@H]2C)c2cnc(Nc3ccnc(-c4cn(S(=O)(=O)C5CC5)nc4Cl)n3)cc12)C(F)F. The minimum atomic E-state index is -3.64. The fourth-order valence-corrected chi connectivity index (χ4v) is 7.97. The predicted octanol–water partition coefficient (Wildman–Crippen LogP) is 4.46. The number of alkyl halides is 2. The summed E-state index contributed by atoms with van der Waals surface area (Å²) in [6.45, 7) is 3.82. The van der Waals surface area contributed by atoms with Crippen LogP contribution in [0.4, 0.5) is 26.1 Å². The third-order valence-corrected chi connectivity index (χ3v) is 12.1. The third-order valence-electron chi connectivity index (χ3n) is 8.52. The lowest BCUT2D eigenvalue weighted by Gasteiger charge is -2.51. The average molecular weight is 681 g/mol. The summed E-state index contributed by atoms with van der Waals surface area (Å²) in [5.41, 5.74) is 1.43. The van der Waals surface area contributed by atoms with E-state index in [0.29, 0.717) is 47.4 Å². The van der Waals surface area contributed by atoms with Crippen LogP contribution in [-0.2, 0) is 20.0 Å². The van der Waals surface area contributed by atoms with Crippen LogP contribution in [0.3, 0.4) is 0 Å². The summed E-state index contributed by atoms with van der Waals surface area (Å²) in [7, 11) is -5.48. The molecule has 3 aromatic heterocycles. The lowest BCUT2D eigenvalue weighted by Crippen LogP contribution is -2.65. The molecule has 1 saturated carbocycles. The Morgan fingerprint density at radius 3 is 2.47 bits per heavy atom. The van der Waals surface area contributed by atoms with Crippen molar-refractivity contribution in [2.45, 2.75) is 56.4 Å². The van der Waals surface area contributed by atoms with Crippen LogP contribution >= 0.6 is 11.6 Å². The minimum absolute atomic E-state index is 0.0662. The molecule has 4 heterocycles. The van der Waals surface area contributed by atoms with Gasteiger partial charge in [-0.2, -0.15) is 8.39 Å². The highest BCUT2D eigenvalue weighted by Crippen LogP contribution is 2.40. The molecule has 1 unspecified atom stereocenters. The van der Waals surface area contributed by atoms with Gasteiger partial charge in [0, 0.05) is 49.0 Å². The number of fused-ring (bicyclic) bond motifs is 1. The number of nitrogens with zero attached hydrogens (tertiary/aromatic N) is 7. The fourth-order valence-electron chi connectivity index (χ4n) is 5.49. The van der Waals surface area contributed by atoms with Gasteiger partial charge in [0.2, 0.25) is 16.4 Å². The standard InChI is InChI=1S/C28H31ClF2N8O4S2/c1-15(27(30)31)18-7-8-22(38-14-23(16(38)2)37(3)44(4,40)41)20-12-33-25(11-19(18)20)34-24-9-10-32-28(35-24)21-13-39(36-26(21)29)45(42,43)17-5-6-17/h7-13,15-17,23,27H,5-6,14H2,1-4H3,(H,32,33,34,35)/t15?,16-,23+/m1/s1. The molecule has 2 aliphatic rings. The van der Waals surface area contributed by atoms with Crippen LogP contribution in [0.2, 0.25) is 5.15 Å². The average Bonchev–Trinajstić information content (AvgIpc) is 3.77. The Kier molecular flexibility index (Phi) is 7.98.